The summed E-state index contributed by atoms with van der Waals surface area (Å²) in [7, 11) is 2.43. The number of carbonyl (C=O) groups excluding carboxylic acids is 3. The van der Waals surface area contributed by atoms with Crippen molar-refractivity contribution in [2.75, 3.05) is 14.2 Å². The number of carbonyl (C=O) groups is 3. The molecular formula is C13H18O6. The summed E-state index contributed by atoms with van der Waals surface area (Å²) in [5.74, 6) is -2.30. The molecule has 0 aromatic heterocycles. The predicted octanol–water partition coefficient (Wildman–Crippen LogP) is 0.680. The van der Waals surface area contributed by atoms with Crippen LogP contribution >= 0.6 is 0 Å². The van der Waals surface area contributed by atoms with E-state index >= 15 is 0 Å². The third kappa shape index (κ3) is 1.24. The highest BCUT2D eigenvalue weighted by molar-refractivity contribution is 6.03. The van der Waals surface area contributed by atoms with Crippen LogP contribution in [0, 0.1) is 16.7 Å². The second-order valence-electron chi connectivity index (χ2n) is 5.68. The molecule has 0 radical (unpaired) electrons. The van der Waals surface area contributed by atoms with Gasteiger partial charge in [0.1, 0.15) is 11.0 Å². The Morgan fingerprint density at radius 2 is 1.68 bits per heavy atom. The van der Waals surface area contributed by atoms with Crippen LogP contribution < -0.4 is 0 Å². The molecular weight excluding hydrogens is 252 g/mol. The number of hydrogen-bond acceptors (Lipinski definition) is 6. The molecule has 0 spiro atoms. The molecule has 2 aliphatic rings. The Morgan fingerprint density at radius 1 is 1.21 bits per heavy atom. The van der Waals surface area contributed by atoms with E-state index in [9.17, 15) is 14.4 Å². The molecule has 0 unspecified atom stereocenters. The second-order valence-corrected chi connectivity index (χ2v) is 5.68. The smallest absolute Gasteiger partial charge is 0.323 e. The molecule has 6 nitrogen and oxygen atoms in total. The summed E-state index contributed by atoms with van der Waals surface area (Å²) in [4.78, 5) is 36.2. The first-order valence-corrected chi connectivity index (χ1v) is 6.11. The van der Waals surface area contributed by atoms with Gasteiger partial charge < -0.3 is 14.2 Å². The molecule has 0 bridgehead atoms. The summed E-state index contributed by atoms with van der Waals surface area (Å²) in [6.07, 6.45) is 0.0861. The second kappa shape index (κ2) is 3.71. The normalized spacial score (nSPS) is 38.8. The summed E-state index contributed by atoms with van der Waals surface area (Å²) in [5.41, 5.74) is -3.21. The third-order valence-electron chi connectivity index (χ3n) is 5.16. The fourth-order valence-corrected chi connectivity index (χ4v) is 3.56. The van der Waals surface area contributed by atoms with Crippen LogP contribution in [-0.2, 0) is 28.6 Å². The molecule has 1 heterocycles. The van der Waals surface area contributed by atoms with E-state index in [1.54, 1.807) is 20.8 Å². The molecule has 0 amide bonds. The summed E-state index contributed by atoms with van der Waals surface area (Å²) in [6, 6.07) is 0. The Balaban J connectivity index is 2.57. The van der Waals surface area contributed by atoms with Gasteiger partial charge in [0.2, 0.25) is 0 Å². The van der Waals surface area contributed by atoms with E-state index in [4.69, 9.17) is 14.2 Å². The predicted molar refractivity (Wildman–Crippen MR) is 62.9 cm³/mol. The van der Waals surface area contributed by atoms with Gasteiger partial charge in [0.05, 0.1) is 14.2 Å². The first-order chi connectivity index (χ1) is 8.70. The zero-order valence-electron chi connectivity index (χ0n) is 11.7. The number of hydrogen-bond donors (Lipinski definition) is 0. The van der Waals surface area contributed by atoms with Crippen molar-refractivity contribution in [3.63, 3.8) is 0 Å². The van der Waals surface area contributed by atoms with E-state index in [0.717, 1.165) is 0 Å². The molecule has 0 aromatic carbocycles. The van der Waals surface area contributed by atoms with Gasteiger partial charge in [-0.15, -0.1) is 0 Å². The molecule has 2 rings (SSSR count). The van der Waals surface area contributed by atoms with Gasteiger partial charge in [-0.1, -0.05) is 6.92 Å². The van der Waals surface area contributed by atoms with Gasteiger partial charge in [0.25, 0.3) is 0 Å². The third-order valence-corrected chi connectivity index (χ3v) is 5.16. The highest BCUT2D eigenvalue weighted by Crippen LogP contribution is 2.67. The summed E-state index contributed by atoms with van der Waals surface area (Å²) in [6.45, 7) is 5.15. The molecule has 1 aliphatic carbocycles. The maximum atomic E-state index is 12.2. The molecule has 6 heteroatoms. The lowest BCUT2D eigenvalue weighted by molar-refractivity contribution is -0.231. The minimum absolute atomic E-state index is 0.0861. The Labute approximate surface area is 111 Å². The van der Waals surface area contributed by atoms with Gasteiger partial charge in [-0.2, -0.15) is 0 Å². The van der Waals surface area contributed by atoms with Crippen LogP contribution in [-0.4, -0.2) is 37.7 Å². The van der Waals surface area contributed by atoms with E-state index < -0.39 is 40.3 Å². The van der Waals surface area contributed by atoms with Crippen molar-refractivity contribution < 1.29 is 28.6 Å². The van der Waals surface area contributed by atoms with Crippen LogP contribution in [0.3, 0.4) is 0 Å². The lowest BCUT2D eigenvalue weighted by Gasteiger charge is -2.50. The van der Waals surface area contributed by atoms with Crippen molar-refractivity contribution in [2.24, 2.45) is 16.7 Å². The van der Waals surface area contributed by atoms with Crippen molar-refractivity contribution in [2.45, 2.75) is 32.8 Å². The van der Waals surface area contributed by atoms with Crippen LogP contribution in [0.1, 0.15) is 27.2 Å². The highest BCUT2D eigenvalue weighted by Gasteiger charge is 2.80. The van der Waals surface area contributed by atoms with Gasteiger partial charge in [-0.3, -0.25) is 14.4 Å². The van der Waals surface area contributed by atoms with Crippen molar-refractivity contribution in [1.29, 1.82) is 0 Å². The number of ether oxygens (including phenoxy) is 3. The van der Waals surface area contributed by atoms with E-state index in [0.29, 0.717) is 0 Å². The summed E-state index contributed by atoms with van der Waals surface area (Å²) >= 11 is 0. The fraction of sp³-hybridized carbons (Fsp3) is 0.769. The quantitative estimate of drug-likeness (QED) is 0.417. The van der Waals surface area contributed by atoms with Crippen LogP contribution in [0.5, 0.6) is 0 Å². The average Bonchev–Trinajstić information content (AvgIpc) is 2.53. The maximum absolute atomic E-state index is 12.2. The monoisotopic (exact) mass is 270 g/mol. The topological polar surface area (TPSA) is 78.9 Å². The molecule has 1 aliphatic heterocycles. The molecule has 19 heavy (non-hydrogen) atoms. The Bertz CT molecular complexity index is 454. The molecule has 1 saturated heterocycles. The van der Waals surface area contributed by atoms with Crippen LogP contribution in [0.25, 0.3) is 0 Å². The van der Waals surface area contributed by atoms with E-state index in [1.165, 1.54) is 14.2 Å². The molecule has 106 valence electrons. The number of fused-ring (bicyclic) bond motifs is 1. The minimum atomic E-state index is -1.49. The maximum Gasteiger partial charge on any atom is 0.323 e. The van der Waals surface area contributed by atoms with Crippen molar-refractivity contribution in [3.05, 3.63) is 0 Å². The average molecular weight is 270 g/mol. The largest absolute Gasteiger partial charge is 0.468 e. The fourth-order valence-electron chi connectivity index (χ4n) is 3.56. The van der Waals surface area contributed by atoms with Gasteiger partial charge in [0.15, 0.2) is 5.41 Å². The Kier molecular flexibility index (Phi) is 2.70. The summed E-state index contributed by atoms with van der Waals surface area (Å²) in [5, 5.41) is 0. The Hall–Kier alpha value is -1.59. The minimum Gasteiger partial charge on any atom is -0.468 e. The first-order valence-electron chi connectivity index (χ1n) is 6.11. The van der Waals surface area contributed by atoms with Crippen molar-refractivity contribution in [1.82, 2.24) is 0 Å². The van der Waals surface area contributed by atoms with Gasteiger partial charge in [-0.05, 0) is 13.8 Å². The zero-order valence-corrected chi connectivity index (χ0v) is 11.7. The van der Waals surface area contributed by atoms with Gasteiger partial charge >= 0.3 is 17.9 Å². The molecule has 1 saturated carbocycles. The molecule has 2 fully saturated rings. The SMILES string of the molecule is COC(=O)C1(C(=O)OC)C[C@]2(C)OC(=O)[C@]2(C)[C@H]1C. The molecule has 3 atom stereocenters. The van der Waals surface area contributed by atoms with Crippen LogP contribution in [0.2, 0.25) is 0 Å². The molecule has 0 aromatic rings. The van der Waals surface area contributed by atoms with Crippen LogP contribution in [0.15, 0.2) is 0 Å². The van der Waals surface area contributed by atoms with Crippen molar-refractivity contribution >= 4 is 17.9 Å². The lowest BCUT2D eigenvalue weighted by atomic mass is 9.65. The first kappa shape index (κ1) is 13.8. The van der Waals surface area contributed by atoms with Gasteiger partial charge in [0, 0.05) is 12.3 Å². The van der Waals surface area contributed by atoms with E-state index in [-0.39, 0.29) is 6.42 Å². The Morgan fingerprint density at radius 3 is 2.00 bits per heavy atom. The number of rotatable bonds is 2. The number of methoxy groups -OCH3 is 2. The lowest BCUT2D eigenvalue weighted by Crippen LogP contribution is -2.62. The summed E-state index contributed by atoms with van der Waals surface area (Å²) < 4.78 is 14.8. The van der Waals surface area contributed by atoms with Crippen molar-refractivity contribution in [3.8, 4) is 0 Å². The highest BCUT2D eigenvalue weighted by atomic mass is 16.6. The zero-order chi connectivity index (χ0) is 14.6. The van der Waals surface area contributed by atoms with E-state index in [2.05, 4.69) is 0 Å². The number of esters is 3. The van der Waals surface area contributed by atoms with Crippen LogP contribution in [0.4, 0.5) is 0 Å². The molecule has 0 N–H and O–H groups in total. The van der Waals surface area contributed by atoms with Gasteiger partial charge in [-0.25, -0.2) is 0 Å². The van der Waals surface area contributed by atoms with E-state index in [1.807, 2.05) is 0 Å². The standard InChI is InChI=1S/C13H18O6/c1-7-12(3)8(14)19-11(12,2)6-13(7,9(15)17-4)10(16)18-5/h7H,6H2,1-5H3/t7-,11+,12+/m1/s1.